The Morgan fingerprint density at radius 3 is 2.36 bits per heavy atom. The van der Waals surface area contributed by atoms with Crippen molar-refractivity contribution in [1.29, 1.82) is 0 Å². The van der Waals surface area contributed by atoms with Gasteiger partial charge in [0.05, 0.1) is 0 Å². The van der Waals surface area contributed by atoms with Gasteiger partial charge in [-0.05, 0) is 12.8 Å². The molecule has 4 nitrogen and oxygen atoms in total. The summed E-state index contributed by atoms with van der Waals surface area (Å²) in [6, 6.07) is 0.119. The number of ether oxygens (including phenoxy) is 1. The van der Waals surface area contributed by atoms with Crippen LogP contribution in [0.3, 0.4) is 0 Å². The molecule has 0 aliphatic heterocycles. The molecule has 2 atom stereocenters. The Bertz CT molecular complexity index is 235. The van der Waals surface area contributed by atoms with Crippen molar-refractivity contribution in [2.75, 3.05) is 0 Å². The molecule has 0 aromatic heterocycles. The van der Waals surface area contributed by atoms with E-state index in [9.17, 15) is 4.79 Å². The van der Waals surface area contributed by atoms with Crippen LogP contribution in [0.5, 0.6) is 0 Å². The van der Waals surface area contributed by atoms with Crippen molar-refractivity contribution in [3.63, 3.8) is 0 Å². The van der Waals surface area contributed by atoms with Gasteiger partial charge in [0.25, 0.3) is 0 Å². The zero-order chi connectivity index (χ0) is 11.0. The zero-order valence-corrected chi connectivity index (χ0v) is 9.17. The fraction of sp³-hybridized carbons (Fsp3) is 0.900. The summed E-state index contributed by atoms with van der Waals surface area (Å²) >= 11 is 0. The largest absolute Gasteiger partial charge is 0.442 e. The van der Waals surface area contributed by atoms with E-state index < -0.39 is 11.7 Å². The molecule has 0 saturated heterocycles. The first-order valence-electron chi connectivity index (χ1n) is 5.01. The molecule has 4 N–H and O–H groups in total. The van der Waals surface area contributed by atoms with Crippen LogP contribution in [0.15, 0.2) is 0 Å². The molecule has 0 aromatic carbocycles. The number of nitrogens with two attached hydrogens (primary N) is 2. The molecule has 1 aliphatic carbocycles. The molecule has 0 unspecified atom stereocenters. The molecule has 0 bridgehead atoms. The van der Waals surface area contributed by atoms with Crippen LogP contribution in [0.4, 0.5) is 4.79 Å². The van der Waals surface area contributed by atoms with E-state index in [1.54, 1.807) is 0 Å². The van der Waals surface area contributed by atoms with E-state index in [1.807, 2.05) is 20.8 Å². The summed E-state index contributed by atoms with van der Waals surface area (Å²) in [5.74, 6) is 0. The van der Waals surface area contributed by atoms with Crippen LogP contribution in [0.25, 0.3) is 0 Å². The summed E-state index contributed by atoms with van der Waals surface area (Å²) in [5, 5.41) is 0. The molecule has 1 saturated carbocycles. The van der Waals surface area contributed by atoms with Gasteiger partial charge in [-0.1, -0.05) is 20.8 Å². The third kappa shape index (κ3) is 2.00. The molecule has 1 amide bonds. The van der Waals surface area contributed by atoms with Gasteiger partial charge in [0.15, 0.2) is 0 Å². The highest BCUT2D eigenvalue weighted by Gasteiger charge is 2.49. The number of rotatable bonds is 1. The summed E-state index contributed by atoms with van der Waals surface area (Å²) in [6.07, 6.45) is 1.71. The lowest BCUT2D eigenvalue weighted by Crippen LogP contribution is -2.46. The predicted octanol–water partition coefficient (Wildman–Crippen LogP) is 1.38. The average molecular weight is 200 g/mol. The van der Waals surface area contributed by atoms with Crippen molar-refractivity contribution in [3.8, 4) is 0 Å². The Kier molecular flexibility index (Phi) is 2.76. The molecule has 1 aliphatic rings. The lowest BCUT2D eigenvalue weighted by atomic mass is 9.75. The van der Waals surface area contributed by atoms with Gasteiger partial charge >= 0.3 is 6.09 Å². The van der Waals surface area contributed by atoms with Crippen LogP contribution in [0.1, 0.15) is 40.0 Å². The Labute approximate surface area is 85.0 Å². The van der Waals surface area contributed by atoms with E-state index in [1.165, 1.54) is 0 Å². The normalized spacial score (nSPS) is 33.0. The van der Waals surface area contributed by atoms with Gasteiger partial charge < -0.3 is 16.2 Å². The summed E-state index contributed by atoms with van der Waals surface area (Å²) in [5.41, 5.74) is 10.4. The fourth-order valence-corrected chi connectivity index (χ4v) is 2.17. The van der Waals surface area contributed by atoms with Crippen molar-refractivity contribution < 1.29 is 9.53 Å². The van der Waals surface area contributed by atoms with Gasteiger partial charge in [-0.3, -0.25) is 0 Å². The van der Waals surface area contributed by atoms with Gasteiger partial charge in [-0.25, -0.2) is 4.79 Å². The first-order chi connectivity index (χ1) is 6.27. The van der Waals surface area contributed by atoms with E-state index in [-0.39, 0.29) is 11.5 Å². The van der Waals surface area contributed by atoms with Crippen LogP contribution in [-0.4, -0.2) is 17.7 Å². The molecular formula is C10H20N2O2. The Balaban J connectivity index is 2.86. The maximum atomic E-state index is 10.9. The molecule has 4 heteroatoms. The zero-order valence-electron chi connectivity index (χ0n) is 9.17. The van der Waals surface area contributed by atoms with Crippen molar-refractivity contribution in [1.82, 2.24) is 0 Å². The number of hydrogen-bond acceptors (Lipinski definition) is 3. The van der Waals surface area contributed by atoms with E-state index in [2.05, 4.69) is 0 Å². The highest BCUT2D eigenvalue weighted by Crippen LogP contribution is 2.45. The van der Waals surface area contributed by atoms with Crippen molar-refractivity contribution in [3.05, 3.63) is 0 Å². The highest BCUT2D eigenvalue weighted by molar-refractivity contribution is 5.65. The summed E-state index contributed by atoms with van der Waals surface area (Å²) in [4.78, 5) is 10.9. The van der Waals surface area contributed by atoms with Gasteiger partial charge in [-0.15, -0.1) is 0 Å². The van der Waals surface area contributed by atoms with Crippen LogP contribution in [-0.2, 0) is 4.74 Å². The van der Waals surface area contributed by atoms with Gasteiger partial charge in [0.1, 0.15) is 5.60 Å². The second kappa shape index (κ2) is 3.42. The second-order valence-electron chi connectivity index (χ2n) is 5.17. The highest BCUT2D eigenvalue weighted by atomic mass is 16.6. The first-order valence-corrected chi connectivity index (χ1v) is 5.01. The minimum absolute atomic E-state index is 0.115. The lowest BCUT2D eigenvalue weighted by Gasteiger charge is -2.40. The minimum atomic E-state index is -0.700. The SMILES string of the molecule is CC(C)(C)[C@]1(OC(N)=O)CC[C@H](N)C1. The Morgan fingerprint density at radius 1 is 1.50 bits per heavy atom. The molecule has 14 heavy (non-hydrogen) atoms. The maximum Gasteiger partial charge on any atom is 0.405 e. The Hall–Kier alpha value is -0.770. The van der Waals surface area contributed by atoms with Gasteiger partial charge in [-0.2, -0.15) is 0 Å². The van der Waals surface area contributed by atoms with Crippen LogP contribution >= 0.6 is 0 Å². The number of carbonyl (C=O) groups excluding carboxylic acids is 1. The third-order valence-electron chi connectivity index (χ3n) is 3.17. The van der Waals surface area contributed by atoms with E-state index >= 15 is 0 Å². The molecule has 0 aromatic rings. The smallest absolute Gasteiger partial charge is 0.405 e. The van der Waals surface area contributed by atoms with E-state index in [4.69, 9.17) is 16.2 Å². The van der Waals surface area contributed by atoms with E-state index in [0.717, 1.165) is 12.8 Å². The summed E-state index contributed by atoms with van der Waals surface area (Å²) in [6.45, 7) is 6.15. The quantitative estimate of drug-likeness (QED) is 0.671. The Morgan fingerprint density at radius 2 is 2.07 bits per heavy atom. The lowest BCUT2D eigenvalue weighted by molar-refractivity contribution is -0.0602. The molecule has 0 radical (unpaired) electrons. The monoisotopic (exact) mass is 200 g/mol. The van der Waals surface area contributed by atoms with Crippen molar-refractivity contribution in [2.45, 2.75) is 51.7 Å². The topological polar surface area (TPSA) is 78.3 Å². The standard InChI is InChI=1S/C10H20N2O2/c1-9(2,3)10(14-8(12)13)5-4-7(11)6-10/h7H,4-6,11H2,1-3H3,(H2,12,13)/t7-,10-/m0/s1. The third-order valence-corrected chi connectivity index (χ3v) is 3.17. The molecular weight excluding hydrogens is 180 g/mol. The van der Waals surface area contributed by atoms with Crippen molar-refractivity contribution in [2.24, 2.45) is 16.9 Å². The predicted molar refractivity (Wildman–Crippen MR) is 54.7 cm³/mol. The number of amides is 1. The van der Waals surface area contributed by atoms with Crippen LogP contribution < -0.4 is 11.5 Å². The first kappa shape index (κ1) is 11.3. The maximum absolute atomic E-state index is 10.9. The average Bonchev–Trinajstić information content (AvgIpc) is 2.29. The van der Waals surface area contributed by atoms with Gasteiger partial charge in [0.2, 0.25) is 0 Å². The van der Waals surface area contributed by atoms with Crippen LogP contribution in [0.2, 0.25) is 0 Å². The summed E-state index contributed by atoms with van der Waals surface area (Å²) in [7, 11) is 0. The molecule has 0 heterocycles. The van der Waals surface area contributed by atoms with Gasteiger partial charge in [0, 0.05) is 17.9 Å². The number of carbonyl (C=O) groups is 1. The summed E-state index contributed by atoms with van der Waals surface area (Å²) < 4.78 is 5.29. The number of primary amides is 1. The second-order valence-corrected chi connectivity index (χ2v) is 5.17. The van der Waals surface area contributed by atoms with Crippen molar-refractivity contribution >= 4 is 6.09 Å². The van der Waals surface area contributed by atoms with E-state index in [0.29, 0.717) is 6.42 Å². The fourth-order valence-electron chi connectivity index (χ4n) is 2.17. The molecule has 1 rings (SSSR count). The molecule has 1 fully saturated rings. The number of hydrogen-bond donors (Lipinski definition) is 2. The van der Waals surface area contributed by atoms with Crippen LogP contribution in [0, 0.1) is 5.41 Å². The molecule has 0 spiro atoms. The minimum Gasteiger partial charge on any atom is -0.442 e. The molecule has 82 valence electrons.